The molecule has 5 nitrogen and oxygen atoms in total. The van der Waals surface area contributed by atoms with Crippen molar-refractivity contribution in [2.45, 2.75) is 32.2 Å². The molecule has 1 saturated heterocycles. The van der Waals surface area contributed by atoms with Crippen LogP contribution in [0.4, 0.5) is 0 Å². The molecule has 1 aliphatic rings. The quantitative estimate of drug-likeness (QED) is 0.847. The first-order chi connectivity index (χ1) is 8.81. The van der Waals surface area contributed by atoms with Crippen LogP contribution in [-0.2, 0) is 0 Å². The number of carbonyl (C=O) groups excluding carboxylic acids is 1. The van der Waals surface area contributed by atoms with E-state index in [-0.39, 0.29) is 5.91 Å². The number of nitrogens with zero attached hydrogens (tertiary/aromatic N) is 3. The summed E-state index contributed by atoms with van der Waals surface area (Å²) >= 11 is 0. The van der Waals surface area contributed by atoms with Crippen molar-refractivity contribution < 1.29 is 4.79 Å². The summed E-state index contributed by atoms with van der Waals surface area (Å²) in [6.07, 6.45) is 8.19. The number of hydrogen-bond acceptors (Lipinski definition) is 4. The number of nitrogens with one attached hydrogen (secondary N) is 1. The minimum absolute atomic E-state index is 0.138. The van der Waals surface area contributed by atoms with Gasteiger partial charge in [-0.15, -0.1) is 0 Å². The van der Waals surface area contributed by atoms with Crippen LogP contribution in [-0.4, -0.2) is 46.5 Å². The second-order valence-electron chi connectivity index (χ2n) is 4.61. The molecule has 0 radical (unpaired) electrons. The maximum Gasteiger partial charge on any atom is 0.271 e. The van der Waals surface area contributed by atoms with Crippen LogP contribution in [0.25, 0.3) is 0 Å². The highest BCUT2D eigenvalue weighted by Gasteiger charge is 2.21. The summed E-state index contributed by atoms with van der Waals surface area (Å²) in [6.45, 7) is 5.16. The van der Waals surface area contributed by atoms with E-state index in [0.717, 1.165) is 19.5 Å². The average molecular weight is 248 g/mol. The Morgan fingerprint density at radius 3 is 2.83 bits per heavy atom. The smallest absolute Gasteiger partial charge is 0.271 e. The lowest BCUT2D eigenvalue weighted by atomic mass is 10.2. The van der Waals surface area contributed by atoms with Gasteiger partial charge in [-0.05, 0) is 32.4 Å². The summed E-state index contributed by atoms with van der Waals surface area (Å²) in [5.74, 6) is -0.138. The second kappa shape index (κ2) is 6.44. The Labute approximate surface area is 108 Å². The Morgan fingerprint density at radius 2 is 2.22 bits per heavy atom. The van der Waals surface area contributed by atoms with Crippen molar-refractivity contribution in [2.75, 3.05) is 19.6 Å². The highest BCUT2D eigenvalue weighted by atomic mass is 16.1. The number of carbonyl (C=O) groups is 1. The molecule has 0 spiro atoms. The van der Waals surface area contributed by atoms with Crippen LogP contribution >= 0.6 is 0 Å². The summed E-state index contributed by atoms with van der Waals surface area (Å²) in [6, 6.07) is 0.438. The molecule has 1 aromatic rings. The largest absolute Gasteiger partial charge is 0.349 e. The van der Waals surface area contributed by atoms with Gasteiger partial charge in [-0.3, -0.25) is 14.7 Å². The molecule has 1 aromatic heterocycles. The van der Waals surface area contributed by atoms with Crippen LogP contribution < -0.4 is 5.32 Å². The van der Waals surface area contributed by atoms with E-state index in [9.17, 15) is 4.79 Å². The molecule has 1 aliphatic heterocycles. The normalized spacial score (nSPS) is 17.6. The van der Waals surface area contributed by atoms with Gasteiger partial charge in [0.05, 0.1) is 6.20 Å². The van der Waals surface area contributed by atoms with Crippen LogP contribution in [0.3, 0.4) is 0 Å². The number of amides is 1. The fourth-order valence-electron chi connectivity index (χ4n) is 2.36. The lowest BCUT2D eigenvalue weighted by Crippen LogP contribution is -2.42. The molecule has 1 unspecified atom stereocenters. The number of rotatable bonds is 5. The van der Waals surface area contributed by atoms with Gasteiger partial charge in [0, 0.05) is 25.0 Å². The molecule has 2 heterocycles. The van der Waals surface area contributed by atoms with E-state index in [2.05, 4.69) is 27.1 Å². The Kier molecular flexibility index (Phi) is 4.64. The standard InChI is InChI=1S/C13H20N4O/c1-2-11(17-7-3-4-8-17)9-16-13(18)12-10-14-5-6-15-12/h5-6,10-11H,2-4,7-9H2,1H3,(H,16,18). The van der Waals surface area contributed by atoms with Crippen molar-refractivity contribution >= 4 is 5.91 Å². The van der Waals surface area contributed by atoms with Gasteiger partial charge < -0.3 is 5.32 Å². The molecule has 1 atom stereocenters. The van der Waals surface area contributed by atoms with Crippen molar-refractivity contribution in [1.82, 2.24) is 20.2 Å². The summed E-state index contributed by atoms with van der Waals surface area (Å²) in [7, 11) is 0. The number of aromatic nitrogens is 2. The lowest BCUT2D eigenvalue weighted by molar-refractivity contribution is 0.0931. The zero-order valence-corrected chi connectivity index (χ0v) is 10.8. The minimum atomic E-state index is -0.138. The Hall–Kier alpha value is -1.49. The molecule has 1 N–H and O–H groups in total. The zero-order valence-electron chi connectivity index (χ0n) is 10.8. The number of likely N-dealkylation sites (tertiary alicyclic amines) is 1. The summed E-state index contributed by atoms with van der Waals surface area (Å²) in [5.41, 5.74) is 0.383. The van der Waals surface area contributed by atoms with Crippen LogP contribution in [0.2, 0.25) is 0 Å². The molecule has 2 rings (SSSR count). The Balaban J connectivity index is 1.84. The minimum Gasteiger partial charge on any atom is -0.349 e. The van der Waals surface area contributed by atoms with Crippen molar-refractivity contribution in [3.05, 3.63) is 24.3 Å². The van der Waals surface area contributed by atoms with E-state index in [0.29, 0.717) is 18.3 Å². The molecule has 98 valence electrons. The SMILES string of the molecule is CCC(CNC(=O)c1cnccn1)N1CCCC1. The molecule has 0 saturated carbocycles. The zero-order chi connectivity index (χ0) is 12.8. The lowest BCUT2D eigenvalue weighted by Gasteiger charge is -2.26. The molecule has 18 heavy (non-hydrogen) atoms. The number of hydrogen-bond donors (Lipinski definition) is 1. The van der Waals surface area contributed by atoms with Gasteiger partial charge in [0.2, 0.25) is 0 Å². The highest BCUT2D eigenvalue weighted by molar-refractivity contribution is 5.91. The van der Waals surface area contributed by atoms with Crippen molar-refractivity contribution in [3.63, 3.8) is 0 Å². The predicted octanol–water partition coefficient (Wildman–Crippen LogP) is 1.08. The van der Waals surface area contributed by atoms with Gasteiger partial charge in [0.15, 0.2) is 0 Å². The first kappa shape index (κ1) is 13.0. The van der Waals surface area contributed by atoms with E-state index < -0.39 is 0 Å². The van der Waals surface area contributed by atoms with Crippen LogP contribution in [0.5, 0.6) is 0 Å². The molecular weight excluding hydrogens is 228 g/mol. The van der Waals surface area contributed by atoms with E-state index in [1.165, 1.54) is 25.2 Å². The van der Waals surface area contributed by atoms with Gasteiger partial charge >= 0.3 is 0 Å². The van der Waals surface area contributed by atoms with Gasteiger partial charge in [0.1, 0.15) is 5.69 Å². The Morgan fingerprint density at radius 1 is 1.44 bits per heavy atom. The molecule has 0 aromatic carbocycles. The molecular formula is C13H20N4O. The first-order valence-corrected chi connectivity index (χ1v) is 6.59. The van der Waals surface area contributed by atoms with Gasteiger partial charge in [-0.2, -0.15) is 0 Å². The molecule has 0 bridgehead atoms. The second-order valence-corrected chi connectivity index (χ2v) is 4.61. The molecule has 0 aliphatic carbocycles. The van der Waals surface area contributed by atoms with E-state index in [4.69, 9.17) is 0 Å². The van der Waals surface area contributed by atoms with Crippen LogP contribution in [0.15, 0.2) is 18.6 Å². The summed E-state index contributed by atoms with van der Waals surface area (Å²) in [5, 5.41) is 2.94. The molecule has 1 amide bonds. The maximum atomic E-state index is 11.8. The van der Waals surface area contributed by atoms with Gasteiger partial charge in [-0.1, -0.05) is 6.92 Å². The van der Waals surface area contributed by atoms with Gasteiger partial charge in [-0.25, -0.2) is 4.98 Å². The topological polar surface area (TPSA) is 58.1 Å². The molecule has 5 heteroatoms. The van der Waals surface area contributed by atoms with Crippen LogP contribution in [0.1, 0.15) is 36.7 Å². The molecule has 1 fully saturated rings. The first-order valence-electron chi connectivity index (χ1n) is 6.59. The monoisotopic (exact) mass is 248 g/mol. The highest BCUT2D eigenvalue weighted by Crippen LogP contribution is 2.13. The summed E-state index contributed by atoms with van der Waals surface area (Å²) in [4.78, 5) is 22.2. The van der Waals surface area contributed by atoms with Crippen molar-refractivity contribution in [1.29, 1.82) is 0 Å². The van der Waals surface area contributed by atoms with Gasteiger partial charge in [0.25, 0.3) is 5.91 Å². The van der Waals surface area contributed by atoms with E-state index in [1.807, 2.05) is 0 Å². The van der Waals surface area contributed by atoms with E-state index >= 15 is 0 Å². The van der Waals surface area contributed by atoms with Crippen molar-refractivity contribution in [2.24, 2.45) is 0 Å². The maximum absolute atomic E-state index is 11.8. The fraction of sp³-hybridized carbons (Fsp3) is 0.615. The third kappa shape index (κ3) is 3.26. The predicted molar refractivity (Wildman–Crippen MR) is 69.3 cm³/mol. The van der Waals surface area contributed by atoms with Crippen LogP contribution in [0, 0.1) is 0 Å². The average Bonchev–Trinajstić information content (AvgIpc) is 2.94. The third-order valence-electron chi connectivity index (χ3n) is 3.42. The van der Waals surface area contributed by atoms with E-state index in [1.54, 1.807) is 6.20 Å². The van der Waals surface area contributed by atoms with Crippen molar-refractivity contribution in [3.8, 4) is 0 Å². The fourth-order valence-corrected chi connectivity index (χ4v) is 2.36. The third-order valence-corrected chi connectivity index (χ3v) is 3.42. The Bertz CT molecular complexity index is 376. The summed E-state index contributed by atoms with van der Waals surface area (Å²) < 4.78 is 0.